The molecule has 3 nitrogen and oxygen atoms in total. The fourth-order valence-electron chi connectivity index (χ4n) is 2.10. The van der Waals surface area contributed by atoms with Gasteiger partial charge in [0.2, 0.25) is 0 Å². The first-order chi connectivity index (χ1) is 8.92. The Labute approximate surface area is 107 Å². The minimum Gasteiger partial charge on any atom is -0.290 e. The molecule has 0 unspecified atom stereocenters. The summed E-state index contributed by atoms with van der Waals surface area (Å²) in [6, 6.07) is 12.3. The smallest absolute Gasteiger partial charge is 0.195 e. The minimum atomic E-state index is 1.01. The molecule has 0 fully saturated rings. The topological polar surface area (TPSA) is 30.2 Å². The van der Waals surface area contributed by atoms with E-state index in [-0.39, 0.29) is 0 Å². The van der Waals surface area contributed by atoms with E-state index in [1.165, 1.54) is 10.2 Å². The molecule has 0 saturated heterocycles. The van der Waals surface area contributed by atoms with Crippen molar-refractivity contribution in [3.63, 3.8) is 0 Å². The van der Waals surface area contributed by atoms with Crippen LogP contribution in [0.3, 0.4) is 0 Å². The second kappa shape index (κ2) is 3.65. The predicted octanol–water partition coefficient (Wildman–Crippen LogP) is 3.61. The lowest BCUT2D eigenvalue weighted by Gasteiger charge is -1.93. The summed E-state index contributed by atoms with van der Waals surface area (Å²) in [5, 5.41) is 0. The minimum absolute atomic E-state index is 1.01. The largest absolute Gasteiger partial charge is 0.290 e. The number of imidazole rings is 1. The van der Waals surface area contributed by atoms with Gasteiger partial charge in [-0.3, -0.25) is 9.38 Å². The van der Waals surface area contributed by atoms with Crippen LogP contribution in [-0.2, 0) is 0 Å². The maximum atomic E-state index is 4.67. The molecule has 0 aliphatic heterocycles. The van der Waals surface area contributed by atoms with E-state index in [4.69, 9.17) is 0 Å². The van der Waals surface area contributed by atoms with E-state index in [0.29, 0.717) is 0 Å². The molecule has 4 heteroatoms. The maximum absolute atomic E-state index is 4.67. The van der Waals surface area contributed by atoms with E-state index in [9.17, 15) is 0 Å². The van der Waals surface area contributed by atoms with Crippen molar-refractivity contribution >= 4 is 26.5 Å². The van der Waals surface area contributed by atoms with Crippen LogP contribution < -0.4 is 0 Å². The van der Waals surface area contributed by atoms with Crippen molar-refractivity contribution in [3.8, 4) is 11.3 Å². The zero-order valence-electron chi connectivity index (χ0n) is 9.45. The molecule has 0 radical (unpaired) electrons. The van der Waals surface area contributed by atoms with E-state index in [1.807, 2.05) is 36.7 Å². The lowest BCUT2D eigenvalue weighted by atomic mass is 10.2. The van der Waals surface area contributed by atoms with Gasteiger partial charge in [0.05, 0.1) is 15.9 Å². The molecule has 0 bridgehead atoms. The lowest BCUT2D eigenvalue weighted by Crippen LogP contribution is -1.77. The fraction of sp³-hybridized carbons (Fsp3) is 0. The summed E-state index contributed by atoms with van der Waals surface area (Å²) in [7, 11) is 0. The second-order valence-corrected chi connectivity index (χ2v) is 5.10. The summed E-state index contributed by atoms with van der Waals surface area (Å²) in [5.74, 6) is 0. The monoisotopic (exact) mass is 251 g/mol. The summed E-state index contributed by atoms with van der Waals surface area (Å²) >= 11 is 1.67. The highest BCUT2D eigenvalue weighted by Crippen LogP contribution is 2.28. The van der Waals surface area contributed by atoms with Crippen LogP contribution in [0.2, 0.25) is 0 Å². The Morgan fingerprint density at radius 2 is 1.94 bits per heavy atom. The zero-order chi connectivity index (χ0) is 11.9. The third-order valence-electron chi connectivity index (χ3n) is 2.97. The van der Waals surface area contributed by atoms with Gasteiger partial charge in [0.25, 0.3) is 0 Å². The van der Waals surface area contributed by atoms with Crippen molar-refractivity contribution in [2.75, 3.05) is 0 Å². The number of benzene rings is 1. The van der Waals surface area contributed by atoms with Gasteiger partial charge in [0.15, 0.2) is 4.96 Å². The van der Waals surface area contributed by atoms with Crippen LogP contribution in [0.5, 0.6) is 0 Å². The van der Waals surface area contributed by atoms with E-state index in [2.05, 4.69) is 32.7 Å². The molecule has 0 saturated carbocycles. The number of fused-ring (bicyclic) bond motifs is 3. The van der Waals surface area contributed by atoms with Crippen LogP contribution in [-0.4, -0.2) is 14.4 Å². The van der Waals surface area contributed by atoms with Gasteiger partial charge in [-0.15, -0.1) is 0 Å². The highest BCUT2D eigenvalue weighted by atomic mass is 32.1. The van der Waals surface area contributed by atoms with Gasteiger partial charge in [-0.25, -0.2) is 4.98 Å². The number of aromatic nitrogens is 3. The Kier molecular flexibility index (Phi) is 1.98. The van der Waals surface area contributed by atoms with Crippen LogP contribution in [0, 0.1) is 0 Å². The van der Waals surface area contributed by atoms with Crippen molar-refractivity contribution in [3.05, 3.63) is 55.0 Å². The highest BCUT2D eigenvalue weighted by molar-refractivity contribution is 7.23. The number of rotatable bonds is 1. The van der Waals surface area contributed by atoms with Gasteiger partial charge in [0.1, 0.15) is 0 Å². The Morgan fingerprint density at radius 3 is 2.83 bits per heavy atom. The van der Waals surface area contributed by atoms with E-state index in [0.717, 1.165) is 16.2 Å². The van der Waals surface area contributed by atoms with E-state index < -0.39 is 0 Å². The molecular weight excluding hydrogens is 242 g/mol. The molecular formula is C14H9N3S. The van der Waals surface area contributed by atoms with E-state index >= 15 is 0 Å². The van der Waals surface area contributed by atoms with Gasteiger partial charge in [-0.2, -0.15) is 0 Å². The van der Waals surface area contributed by atoms with Crippen molar-refractivity contribution in [2.24, 2.45) is 0 Å². The molecule has 0 N–H and O–H groups in total. The molecule has 4 rings (SSSR count). The Bertz CT molecular complexity index is 830. The maximum Gasteiger partial charge on any atom is 0.195 e. The van der Waals surface area contributed by atoms with Gasteiger partial charge in [0, 0.05) is 24.2 Å². The number of pyridine rings is 1. The van der Waals surface area contributed by atoms with Crippen LogP contribution in [0.15, 0.2) is 55.0 Å². The standard InChI is InChI=1S/C14H9N3S/c1-2-4-10(5-3-1)11-9-17-12-6-7-15-8-13(12)18-14(17)16-11/h1-9H. The highest BCUT2D eigenvalue weighted by Gasteiger charge is 2.09. The Balaban J connectivity index is 2.00. The molecule has 1 aromatic carbocycles. The number of nitrogens with zero attached hydrogens (tertiary/aromatic N) is 3. The molecule has 86 valence electrons. The Hall–Kier alpha value is -2.20. The van der Waals surface area contributed by atoms with Crippen molar-refractivity contribution in [1.82, 2.24) is 14.4 Å². The number of hydrogen-bond donors (Lipinski definition) is 0. The second-order valence-electron chi connectivity index (χ2n) is 4.09. The predicted molar refractivity (Wildman–Crippen MR) is 73.8 cm³/mol. The summed E-state index contributed by atoms with van der Waals surface area (Å²) < 4.78 is 3.30. The van der Waals surface area contributed by atoms with Crippen LogP contribution in [0.1, 0.15) is 0 Å². The van der Waals surface area contributed by atoms with Gasteiger partial charge >= 0.3 is 0 Å². The first kappa shape index (κ1) is 9.79. The van der Waals surface area contributed by atoms with Gasteiger partial charge in [-0.1, -0.05) is 41.7 Å². The third kappa shape index (κ3) is 1.36. The zero-order valence-corrected chi connectivity index (χ0v) is 10.3. The summed E-state index contributed by atoms with van der Waals surface area (Å²) in [6.07, 6.45) is 5.79. The lowest BCUT2D eigenvalue weighted by molar-refractivity contribution is 1.28. The quantitative estimate of drug-likeness (QED) is 0.517. The summed E-state index contributed by atoms with van der Waals surface area (Å²) in [5.41, 5.74) is 3.33. The molecule has 0 aliphatic carbocycles. The molecule has 18 heavy (non-hydrogen) atoms. The summed E-state index contributed by atoms with van der Waals surface area (Å²) in [6.45, 7) is 0. The number of thiazole rings is 1. The molecule has 0 spiro atoms. The number of hydrogen-bond acceptors (Lipinski definition) is 3. The van der Waals surface area contributed by atoms with Crippen molar-refractivity contribution in [1.29, 1.82) is 0 Å². The summed E-state index contributed by atoms with van der Waals surface area (Å²) in [4.78, 5) is 9.82. The third-order valence-corrected chi connectivity index (χ3v) is 3.97. The normalized spacial score (nSPS) is 11.3. The molecule has 4 aromatic rings. The first-order valence-corrected chi connectivity index (χ1v) is 6.50. The Morgan fingerprint density at radius 1 is 1.06 bits per heavy atom. The molecule has 0 atom stereocenters. The van der Waals surface area contributed by atoms with Gasteiger partial charge in [-0.05, 0) is 6.07 Å². The van der Waals surface area contributed by atoms with Gasteiger partial charge < -0.3 is 0 Å². The molecule has 3 heterocycles. The fourth-order valence-corrected chi connectivity index (χ4v) is 3.08. The van der Waals surface area contributed by atoms with Crippen molar-refractivity contribution < 1.29 is 0 Å². The average Bonchev–Trinajstić information content (AvgIpc) is 2.97. The van der Waals surface area contributed by atoms with Crippen LogP contribution in [0.4, 0.5) is 0 Å². The molecule has 0 aliphatic rings. The average molecular weight is 251 g/mol. The first-order valence-electron chi connectivity index (χ1n) is 5.69. The molecule has 3 aromatic heterocycles. The van der Waals surface area contributed by atoms with Crippen LogP contribution in [0.25, 0.3) is 26.4 Å². The molecule has 0 amide bonds. The SMILES string of the molecule is c1ccc(-c2cn3c(n2)sc2cnccc23)cc1. The van der Waals surface area contributed by atoms with Crippen molar-refractivity contribution in [2.45, 2.75) is 0 Å². The van der Waals surface area contributed by atoms with E-state index in [1.54, 1.807) is 11.3 Å². The van der Waals surface area contributed by atoms with Crippen LogP contribution >= 0.6 is 11.3 Å².